The summed E-state index contributed by atoms with van der Waals surface area (Å²) in [5.41, 5.74) is 0. The summed E-state index contributed by atoms with van der Waals surface area (Å²) in [6.45, 7) is 4.24. The lowest BCUT2D eigenvalue weighted by Gasteiger charge is -2.24. The van der Waals surface area contributed by atoms with Crippen molar-refractivity contribution in [3.05, 3.63) is 48.6 Å². The van der Waals surface area contributed by atoms with Crippen molar-refractivity contribution < 1.29 is 42.1 Å². The second-order valence-corrected chi connectivity index (χ2v) is 17.9. The Bertz CT molecular complexity index is 1110. The quantitative estimate of drug-likeness (QED) is 0.0213. The molecule has 57 heavy (non-hydrogen) atoms. The largest absolute Gasteiger partial charge is 0.472 e. The zero-order valence-corrected chi connectivity index (χ0v) is 38.2. The number of phosphoric acid groups is 1. The van der Waals surface area contributed by atoms with Gasteiger partial charge >= 0.3 is 19.8 Å². The van der Waals surface area contributed by atoms with Crippen LogP contribution in [0.4, 0.5) is 0 Å². The van der Waals surface area contributed by atoms with Crippen LogP contribution in [0.25, 0.3) is 0 Å². The van der Waals surface area contributed by atoms with E-state index in [-0.39, 0.29) is 32.0 Å². The lowest BCUT2D eigenvalue weighted by Crippen LogP contribution is -2.37. The van der Waals surface area contributed by atoms with Crippen molar-refractivity contribution >= 4 is 19.8 Å². The van der Waals surface area contributed by atoms with Crippen molar-refractivity contribution in [2.75, 3.05) is 47.5 Å². The van der Waals surface area contributed by atoms with Gasteiger partial charge in [-0.2, -0.15) is 0 Å². The molecule has 332 valence electrons. The standard InChI is InChI=1S/C47H86NO8P/c1-6-8-10-12-14-15-16-17-18-19-20-21-22-23-24-25-26-27-28-29-30-31-32-33-34-36-38-40-47(50)56-45(43-53-46(49)39-37-35-13-11-9-7-2)44-55-57(51,52)54-42-41-48(3,4)5/h8,10,14-15,17-18,20-21,45H,6-7,9,11-13,16,19,22-44H2,1-5H3/p+1/b10-8-,15-14-,18-17-,21-20-. The third kappa shape index (κ3) is 43.4. The van der Waals surface area contributed by atoms with E-state index in [0.29, 0.717) is 17.4 Å². The highest BCUT2D eigenvalue weighted by Gasteiger charge is 2.27. The van der Waals surface area contributed by atoms with Crippen LogP contribution in [-0.4, -0.2) is 74.9 Å². The maximum Gasteiger partial charge on any atom is 0.472 e. The van der Waals surface area contributed by atoms with Crippen molar-refractivity contribution in [1.29, 1.82) is 0 Å². The fourth-order valence-corrected chi connectivity index (χ4v) is 6.81. The maximum atomic E-state index is 12.7. The first kappa shape index (κ1) is 55.0. The van der Waals surface area contributed by atoms with Gasteiger partial charge in [0.05, 0.1) is 27.7 Å². The van der Waals surface area contributed by atoms with Gasteiger partial charge in [0.15, 0.2) is 6.10 Å². The second-order valence-electron chi connectivity index (χ2n) is 16.4. The smallest absolute Gasteiger partial charge is 0.462 e. The van der Waals surface area contributed by atoms with Gasteiger partial charge in [0.2, 0.25) is 0 Å². The summed E-state index contributed by atoms with van der Waals surface area (Å²) in [5.74, 6) is -0.808. The Hall–Kier alpha value is -2.03. The summed E-state index contributed by atoms with van der Waals surface area (Å²) in [4.78, 5) is 35.1. The number of phosphoric ester groups is 1. The van der Waals surface area contributed by atoms with Gasteiger partial charge in [-0.15, -0.1) is 0 Å². The molecule has 0 aliphatic carbocycles. The van der Waals surface area contributed by atoms with Gasteiger partial charge in [-0.1, -0.05) is 172 Å². The monoisotopic (exact) mass is 825 g/mol. The lowest BCUT2D eigenvalue weighted by atomic mass is 10.0. The third-order valence-electron chi connectivity index (χ3n) is 9.62. The number of nitrogens with zero attached hydrogens (tertiary/aromatic N) is 1. The van der Waals surface area contributed by atoms with Gasteiger partial charge < -0.3 is 18.9 Å². The Morgan fingerprint density at radius 2 is 1.00 bits per heavy atom. The summed E-state index contributed by atoms with van der Waals surface area (Å²) in [6, 6.07) is 0. The molecule has 0 rings (SSSR count). The molecule has 0 fully saturated rings. The summed E-state index contributed by atoms with van der Waals surface area (Å²) in [7, 11) is 1.47. The van der Waals surface area contributed by atoms with E-state index in [1.54, 1.807) is 0 Å². The molecule has 0 aromatic heterocycles. The van der Waals surface area contributed by atoms with Crippen LogP contribution in [0.1, 0.15) is 187 Å². The van der Waals surface area contributed by atoms with E-state index in [2.05, 4.69) is 62.5 Å². The molecule has 0 aliphatic rings. The molecule has 0 amide bonds. The van der Waals surface area contributed by atoms with E-state index in [9.17, 15) is 19.0 Å². The predicted molar refractivity (Wildman–Crippen MR) is 238 cm³/mol. The number of esters is 2. The minimum absolute atomic E-state index is 0.0317. The first-order chi connectivity index (χ1) is 27.5. The molecule has 2 unspecified atom stereocenters. The first-order valence-corrected chi connectivity index (χ1v) is 24.4. The highest BCUT2D eigenvalue weighted by molar-refractivity contribution is 7.47. The maximum absolute atomic E-state index is 12.7. The first-order valence-electron chi connectivity index (χ1n) is 22.9. The zero-order chi connectivity index (χ0) is 42.1. The van der Waals surface area contributed by atoms with Gasteiger partial charge in [-0.3, -0.25) is 18.6 Å². The van der Waals surface area contributed by atoms with E-state index in [1.807, 2.05) is 21.1 Å². The fraction of sp³-hybridized carbons (Fsp3) is 0.787. The van der Waals surface area contributed by atoms with Crippen LogP contribution < -0.4 is 0 Å². The van der Waals surface area contributed by atoms with Crippen molar-refractivity contribution in [2.24, 2.45) is 0 Å². The molecule has 1 N–H and O–H groups in total. The van der Waals surface area contributed by atoms with Crippen LogP contribution >= 0.6 is 7.82 Å². The topological polar surface area (TPSA) is 108 Å². The molecule has 0 aliphatic heterocycles. The number of likely N-dealkylation sites (N-methyl/N-ethyl adjacent to an activating group) is 1. The van der Waals surface area contributed by atoms with Crippen molar-refractivity contribution in [3.63, 3.8) is 0 Å². The van der Waals surface area contributed by atoms with E-state index in [4.69, 9.17) is 18.5 Å². The van der Waals surface area contributed by atoms with Crippen LogP contribution in [0.5, 0.6) is 0 Å². The predicted octanol–water partition coefficient (Wildman–Crippen LogP) is 13.1. The molecule has 0 saturated carbocycles. The second kappa shape index (κ2) is 39.4. The molecule has 10 heteroatoms. The Kier molecular flexibility index (Phi) is 38.0. The Morgan fingerprint density at radius 1 is 0.561 bits per heavy atom. The molecule has 0 aromatic carbocycles. The van der Waals surface area contributed by atoms with E-state index in [0.717, 1.165) is 64.2 Å². The average molecular weight is 825 g/mol. The van der Waals surface area contributed by atoms with Crippen LogP contribution in [0, 0.1) is 0 Å². The number of unbranched alkanes of at least 4 members (excludes halogenated alkanes) is 19. The summed E-state index contributed by atoms with van der Waals surface area (Å²) >= 11 is 0. The van der Waals surface area contributed by atoms with E-state index in [1.165, 1.54) is 89.9 Å². The zero-order valence-electron chi connectivity index (χ0n) is 37.3. The van der Waals surface area contributed by atoms with Gasteiger partial charge in [-0.05, 0) is 51.4 Å². The number of ether oxygens (including phenoxy) is 2. The number of hydrogen-bond acceptors (Lipinski definition) is 7. The van der Waals surface area contributed by atoms with Crippen molar-refractivity contribution in [1.82, 2.24) is 0 Å². The van der Waals surface area contributed by atoms with Crippen LogP contribution in [0.2, 0.25) is 0 Å². The minimum Gasteiger partial charge on any atom is -0.462 e. The molecular formula is C47H87NO8P+. The molecular weight excluding hydrogens is 737 g/mol. The summed E-state index contributed by atoms with van der Waals surface area (Å²) in [6.07, 6.45) is 46.3. The molecule has 2 atom stereocenters. The van der Waals surface area contributed by atoms with Crippen LogP contribution in [-0.2, 0) is 32.7 Å². The number of carbonyl (C=O) groups is 2. The lowest BCUT2D eigenvalue weighted by molar-refractivity contribution is -0.870. The highest BCUT2D eigenvalue weighted by atomic mass is 31.2. The molecule has 0 radical (unpaired) electrons. The molecule has 0 bridgehead atoms. The SMILES string of the molecule is CC/C=C\C/C=C\C/C=C\C/C=C\CCCCCCCCCCCCCCCCC(=O)OC(COC(=O)CCCCCCCC)COP(=O)(O)OCC[N+](C)(C)C. The van der Waals surface area contributed by atoms with E-state index < -0.39 is 26.5 Å². The highest BCUT2D eigenvalue weighted by Crippen LogP contribution is 2.43. The number of allylic oxidation sites excluding steroid dienone is 8. The third-order valence-corrected chi connectivity index (χ3v) is 10.6. The van der Waals surface area contributed by atoms with Crippen LogP contribution in [0.15, 0.2) is 48.6 Å². The van der Waals surface area contributed by atoms with E-state index >= 15 is 0 Å². The van der Waals surface area contributed by atoms with Crippen molar-refractivity contribution in [2.45, 2.75) is 193 Å². The number of rotatable bonds is 41. The molecule has 0 saturated heterocycles. The molecule has 9 nitrogen and oxygen atoms in total. The van der Waals surface area contributed by atoms with Gasteiger partial charge in [0.25, 0.3) is 0 Å². The Balaban J connectivity index is 4.04. The normalized spacial score (nSPS) is 14.0. The minimum atomic E-state index is -4.36. The average Bonchev–Trinajstić information content (AvgIpc) is 3.16. The summed E-state index contributed by atoms with van der Waals surface area (Å²) < 4.78 is 34.1. The fourth-order valence-electron chi connectivity index (χ4n) is 6.06. The molecule has 0 heterocycles. The molecule has 0 spiro atoms. The molecule has 0 aromatic rings. The Labute approximate surface area is 350 Å². The number of quaternary nitrogens is 1. The van der Waals surface area contributed by atoms with Gasteiger partial charge in [0, 0.05) is 12.8 Å². The number of hydrogen-bond donors (Lipinski definition) is 1. The summed E-state index contributed by atoms with van der Waals surface area (Å²) in [5, 5.41) is 0. The number of carbonyl (C=O) groups excluding carboxylic acids is 2. The Morgan fingerprint density at radius 3 is 1.49 bits per heavy atom. The van der Waals surface area contributed by atoms with Gasteiger partial charge in [-0.25, -0.2) is 4.57 Å². The van der Waals surface area contributed by atoms with Gasteiger partial charge in [0.1, 0.15) is 19.8 Å². The van der Waals surface area contributed by atoms with Crippen LogP contribution in [0.3, 0.4) is 0 Å². The van der Waals surface area contributed by atoms with Crippen molar-refractivity contribution in [3.8, 4) is 0 Å².